The van der Waals surface area contributed by atoms with E-state index in [-0.39, 0.29) is 11.7 Å². The number of carbonyl (C=O) groups excluding carboxylic acids is 2. The zero-order valence-corrected chi connectivity index (χ0v) is 17.0. The minimum Gasteiger partial charge on any atom is -0.331 e. The third-order valence-electron chi connectivity index (χ3n) is 6.26. The van der Waals surface area contributed by atoms with Crippen LogP contribution in [0.15, 0.2) is 42.7 Å². The number of Topliss-reactive ketones (excluding diaryl/α,β-unsaturated/α-hetero) is 1. The lowest BCUT2D eigenvalue weighted by Gasteiger charge is -2.32. The standard InChI is InChI=1S/C24H29N3O2/c28-23(22-6-5-20-3-1-2-4-21(20)17-22)7-8-24(29)27-15-13-26(14-16-27)18-19-9-11-25-12-10-19/h5-6,9-12,17H,1-4,7-8,13-16,18H2/p+1. The summed E-state index contributed by atoms with van der Waals surface area (Å²) in [5.41, 5.74) is 4.76. The topological polar surface area (TPSA) is 54.7 Å². The molecule has 29 heavy (non-hydrogen) atoms. The van der Waals surface area contributed by atoms with E-state index in [4.69, 9.17) is 0 Å². The number of rotatable bonds is 6. The molecule has 0 unspecified atom stereocenters. The molecule has 1 aliphatic heterocycles. The van der Waals surface area contributed by atoms with Crippen molar-refractivity contribution in [2.45, 2.75) is 45.1 Å². The predicted molar refractivity (Wildman–Crippen MR) is 112 cm³/mol. The lowest BCUT2D eigenvalue weighted by atomic mass is 9.89. The summed E-state index contributed by atoms with van der Waals surface area (Å²) in [5, 5.41) is 0. The van der Waals surface area contributed by atoms with Gasteiger partial charge in [0.2, 0.25) is 5.91 Å². The van der Waals surface area contributed by atoms with Crippen molar-refractivity contribution in [2.75, 3.05) is 26.2 Å². The number of hydrogen-bond acceptors (Lipinski definition) is 3. The van der Waals surface area contributed by atoms with Gasteiger partial charge in [0.25, 0.3) is 0 Å². The molecule has 0 atom stereocenters. The van der Waals surface area contributed by atoms with Crippen molar-refractivity contribution in [2.24, 2.45) is 0 Å². The first-order chi connectivity index (χ1) is 14.2. The number of aromatic nitrogens is 1. The highest BCUT2D eigenvalue weighted by molar-refractivity contribution is 5.98. The van der Waals surface area contributed by atoms with Crippen LogP contribution >= 0.6 is 0 Å². The number of pyridine rings is 1. The minimum absolute atomic E-state index is 0.0914. The molecule has 1 aliphatic carbocycles. The first-order valence-electron chi connectivity index (χ1n) is 10.8. The van der Waals surface area contributed by atoms with Gasteiger partial charge >= 0.3 is 0 Å². The number of nitrogens with zero attached hydrogens (tertiary/aromatic N) is 2. The van der Waals surface area contributed by atoms with Crippen LogP contribution in [-0.4, -0.2) is 47.8 Å². The Hall–Kier alpha value is -2.53. The number of nitrogens with one attached hydrogen (secondary N) is 1. The summed E-state index contributed by atoms with van der Waals surface area (Å²) in [6, 6.07) is 10.2. The molecule has 2 aromatic rings. The van der Waals surface area contributed by atoms with E-state index in [2.05, 4.69) is 29.2 Å². The predicted octanol–water partition coefficient (Wildman–Crippen LogP) is 1.85. The summed E-state index contributed by atoms with van der Waals surface area (Å²) in [6.07, 6.45) is 8.92. The average molecular weight is 393 g/mol. The number of hydrogen-bond donors (Lipinski definition) is 1. The van der Waals surface area contributed by atoms with Gasteiger partial charge in [0, 0.05) is 36.4 Å². The van der Waals surface area contributed by atoms with Crippen LogP contribution in [0.2, 0.25) is 0 Å². The summed E-state index contributed by atoms with van der Waals surface area (Å²) in [5.74, 6) is 0.202. The van der Waals surface area contributed by atoms with Gasteiger partial charge in [-0.05, 0) is 55.0 Å². The molecule has 1 fully saturated rings. The molecule has 1 amide bonds. The molecule has 0 bridgehead atoms. The molecule has 1 aromatic carbocycles. The van der Waals surface area contributed by atoms with Gasteiger partial charge in [-0.1, -0.05) is 12.1 Å². The van der Waals surface area contributed by atoms with Crippen LogP contribution in [0.25, 0.3) is 0 Å². The highest BCUT2D eigenvalue weighted by Gasteiger charge is 2.24. The Bertz CT molecular complexity index is 858. The van der Waals surface area contributed by atoms with Crippen molar-refractivity contribution < 1.29 is 14.5 Å². The largest absolute Gasteiger partial charge is 0.331 e. The first kappa shape index (κ1) is 19.8. The van der Waals surface area contributed by atoms with E-state index in [1.165, 1.54) is 34.4 Å². The van der Waals surface area contributed by atoms with E-state index in [1.54, 1.807) is 0 Å². The van der Waals surface area contributed by atoms with Crippen LogP contribution in [-0.2, 0) is 24.2 Å². The molecule has 5 nitrogen and oxygen atoms in total. The Kier molecular flexibility index (Phi) is 6.35. The molecule has 152 valence electrons. The van der Waals surface area contributed by atoms with E-state index in [0.29, 0.717) is 12.8 Å². The fourth-order valence-electron chi connectivity index (χ4n) is 4.47. The second-order valence-corrected chi connectivity index (χ2v) is 8.28. The maximum Gasteiger partial charge on any atom is 0.223 e. The normalized spacial score (nSPS) is 17.0. The van der Waals surface area contributed by atoms with Crippen molar-refractivity contribution in [3.63, 3.8) is 0 Å². The Balaban J connectivity index is 1.23. The molecule has 1 aromatic heterocycles. The lowest BCUT2D eigenvalue weighted by molar-refractivity contribution is -0.917. The summed E-state index contributed by atoms with van der Waals surface area (Å²) in [4.78, 5) is 32.7. The second kappa shape index (κ2) is 9.31. The number of aryl methyl sites for hydroxylation is 2. The lowest BCUT2D eigenvalue weighted by Crippen LogP contribution is -3.13. The van der Waals surface area contributed by atoms with Gasteiger partial charge in [-0.2, -0.15) is 0 Å². The zero-order valence-electron chi connectivity index (χ0n) is 17.0. The van der Waals surface area contributed by atoms with Crippen molar-refractivity contribution in [1.82, 2.24) is 9.88 Å². The van der Waals surface area contributed by atoms with Gasteiger partial charge < -0.3 is 9.80 Å². The molecule has 0 saturated carbocycles. The third-order valence-corrected chi connectivity index (χ3v) is 6.26. The molecule has 0 spiro atoms. The molecule has 5 heteroatoms. The van der Waals surface area contributed by atoms with E-state index in [0.717, 1.165) is 51.1 Å². The van der Waals surface area contributed by atoms with E-state index in [9.17, 15) is 9.59 Å². The van der Waals surface area contributed by atoms with Gasteiger partial charge in [-0.3, -0.25) is 14.6 Å². The molecular weight excluding hydrogens is 362 g/mol. The van der Waals surface area contributed by atoms with Crippen LogP contribution in [0.5, 0.6) is 0 Å². The van der Waals surface area contributed by atoms with Crippen molar-refractivity contribution >= 4 is 11.7 Å². The number of fused-ring (bicyclic) bond motifs is 1. The molecule has 4 rings (SSSR count). The maximum atomic E-state index is 12.6. The first-order valence-corrected chi connectivity index (χ1v) is 10.8. The van der Waals surface area contributed by atoms with E-state index in [1.807, 2.05) is 23.4 Å². The van der Waals surface area contributed by atoms with Crippen molar-refractivity contribution in [3.8, 4) is 0 Å². The molecule has 1 N–H and O–H groups in total. The van der Waals surface area contributed by atoms with Crippen LogP contribution in [0.1, 0.15) is 52.7 Å². The average Bonchev–Trinajstić information content (AvgIpc) is 2.78. The minimum atomic E-state index is 0.0914. The number of benzene rings is 1. The van der Waals surface area contributed by atoms with Crippen LogP contribution in [0.4, 0.5) is 0 Å². The third kappa shape index (κ3) is 5.10. The van der Waals surface area contributed by atoms with Gasteiger partial charge in [0.15, 0.2) is 5.78 Å². The summed E-state index contributed by atoms with van der Waals surface area (Å²) in [6.45, 7) is 4.42. The fourth-order valence-corrected chi connectivity index (χ4v) is 4.47. The van der Waals surface area contributed by atoms with Crippen LogP contribution in [0, 0.1) is 0 Å². The van der Waals surface area contributed by atoms with E-state index < -0.39 is 0 Å². The highest BCUT2D eigenvalue weighted by Crippen LogP contribution is 2.23. The van der Waals surface area contributed by atoms with Crippen LogP contribution in [0.3, 0.4) is 0 Å². The molecule has 2 aliphatic rings. The zero-order chi connectivity index (χ0) is 20.1. The number of piperazine rings is 1. The van der Waals surface area contributed by atoms with Crippen LogP contribution < -0.4 is 4.90 Å². The van der Waals surface area contributed by atoms with Gasteiger partial charge in [-0.25, -0.2) is 0 Å². The second-order valence-electron chi connectivity index (χ2n) is 8.28. The number of ketones is 1. The fraction of sp³-hybridized carbons (Fsp3) is 0.458. The monoisotopic (exact) mass is 392 g/mol. The Morgan fingerprint density at radius 1 is 0.931 bits per heavy atom. The number of carbonyl (C=O) groups is 2. The summed E-state index contributed by atoms with van der Waals surface area (Å²) in [7, 11) is 0. The van der Waals surface area contributed by atoms with Crippen molar-refractivity contribution in [3.05, 3.63) is 65.0 Å². The maximum absolute atomic E-state index is 12.6. The number of amides is 1. The Morgan fingerprint density at radius 3 is 2.41 bits per heavy atom. The Morgan fingerprint density at radius 2 is 1.66 bits per heavy atom. The Labute approximate surface area is 172 Å². The molecule has 1 saturated heterocycles. The quantitative estimate of drug-likeness (QED) is 0.764. The van der Waals surface area contributed by atoms with Gasteiger partial charge in [0.05, 0.1) is 26.2 Å². The van der Waals surface area contributed by atoms with Gasteiger partial charge in [0.1, 0.15) is 6.54 Å². The SMILES string of the molecule is O=C(CCC(=O)N1CC[NH+](Cc2ccncc2)CC1)c1ccc2c(c1)CCCC2. The highest BCUT2D eigenvalue weighted by atomic mass is 16.2. The molecule has 2 heterocycles. The summed E-state index contributed by atoms with van der Waals surface area (Å²) < 4.78 is 0. The molecule has 0 radical (unpaired) electrons. The van der Waals surface area contributed by atoms with Crippen molar-refractivity contribution in [1.29, 1.82) is 0 Å². The van der Waals surface area contributed by atoms with Gasteiger partial charge in [-0.15, -0.1) is 0 Å². The smallest absolute Gasteiger partial charge is 0.223 e. The number of quaternary nitrogens is 1. The van der Waals surface area contributed by atoms with E-state index >= 15 is 0 Å². The molecular formula is C24H30N3O2+. The summed E-state index contributed by atoms with van der Waals surface area (Å²) >= 11 is 0.